The molecule has 0 radical (unpaired) electrons. The Morgan fingerprint density at radius 1 is 1.00 bits per heavy atom. The molecule has 2 aromatic rings. The highest BCUT2D eigenvalue weighted by molar-refractivity contribution is 7.89. The molecule has 186 valence electrons. The Labute approximate surface area is 196 Å². The molecule has 34 heavy (non-hydrogen) atoms. The Bertz CT molecular complexity index is 1170. The molecule has 2 fully saturated rings. The van der Waals surface area contributed by atoms with Crippen molar-refractivity contribution in [3.05, 3.63) is 52.7 Å². The number of nitrogens with zero attached hydrogens (tertiary/aromatic N) is 3. The van der Waals surface area contributed by atoms with Crippen molar-refractivity contribution >= 4 is 27.4 Å². The van der Waals surface area contributed by atoms with Gasteiger partial charge < -0.3 is 5.32 Å². The van der Waals surface area contributed by atoms with E-state index in [9.17, 15) is 34.8 Å². The first kappa shape index (κ1) is 25.0. The van der Waals surface area contributed by atoms with Crippen LogP contribution in [0.25, 0.3) is 0 Å². The number of piperazine rings is 1. The molecule has 2 atom stereocenters. The van der Waals surface area contributed by atoms with Gasteiger partial charge in [-0.05, 0) is 36.8 Å². The largest absolute Gasteiger partial charge is 0.433 e. The Balaban J connectivity index is 1.45. The van der Waals surface area contributed by atoms with Crippen LogP contribution in [0.1, 0.15) is 17.7 Å². The maximum absolute atomic E-state index is 13.1. The number of hydrogen-bond donors (Lipinski definition) is 1. The van der Waals surface area contributed by atoms with E-state index in [1.807, 2.05) is 4.90 Å². The van der Waals surface area contributed by atoms with E-state index in [-0.39, 0.29) is 31.0 Å². The lowest BCUT2D eigenvalue weighted by atomic mass is 10.1. The summed E-state index contributed by atoms with van der Waals surface area (Å²) in [4.78, 5) is 5.21. The van der Waals surface area contributed by atoms with Gasteiger partial charge in [0.15, 0.2) is 0 Å². The molecule has 1 aromatic heterocycles. The topological polar surface area (TPSA) is 65.5 Å². The van der Waals surface area contributed by atoms with E-state index in [4.69, 9.17) is 11.6 Å². The summed E-state index contributed by atoms with van der Waals surface area (Å²) in [6.07, 6.45) is -8.78. The minimum Gasteiger partial charge on any atom is -0.366 e. The molecule has 2 aliphatic rings. The van der Waals surface area contributed by atoms with Crippen LogP contribution in [0.15, 0.2) is 41.3 Å². The molecule has 3 heterocycles. The first-order chi connectivity index (χ1) is 15.7. The van der Waals surface area contributed by atoms with Gasteiger partial charge >= 0.3 is 12.4 Å². The van der Waals surface area contributed by atoms with Crippen LogP contribution in [0.3, 0.4) is 0 Å². The molecule has 14 heteroatoms. The number of anilines is 1. The number of aromatic nitrogens is 1. The van der Waals surface area contributed by atoms with Crippen LogP contribution >= 0.6 is 11.6 Å². The average molecular weight is 529 g/mol. The summed E-state index contributed by atoms with van der Waals surface area (Å²) in [5.74, 6) is 0.0701. The van der Waals surface area contributed by atoms with Crippen molar-refractivity contribution in [3.8, 4) is 0 Å². The van der Waals surface area contributed by atoms with Gasteiger partial charge in [0.05, 0.1) is 10.6 Å². The molecular weight excluding hydrogens is 510 g/mol. The number of fused-ring (bicyclic) bond motifs is 1. The van der Waals surface area contributed by atoms with Gasteiger partial charge in [-0.1, -0.05) is 17.7 Å². The van der Waals surface area contributed by atoms with Crippen molar-refractivity contribution in [1.82, 2.24) is 14.2 Å². The molecule has 0 bridgehead atoms. The number of alkyl halides is 6. The minimum absolute atomic E-state index is 0.0701. The van der Waals surface area contributed by atoms with Gasteiger partial charge in [0.1, 0.15) is 16.4 Å². The Morgan fingerprint density at radius 2 is 1.74 bits per heavy atom. The average Bonchev–Trinajstić information content (AvgIpc) is 3.13. The quantitative estimate of drug-likeness (QED) is 0.599. The summed E-state index contributed by atoms with van der Waals surface area (Å²) >= 11 is 5.90. The summed E-state index contributed by atoms with van der Waals surface area (Å²) in [6, 6.07) is 5.19. The van der Waals surface area contributed by atoms with Crippen molar-refractivity contribution in [2.45, 2.75) is 35.8 Å². The molecule has 0 unspecified atom stereocenters. The number of rotatable bonds is 4. The van der Waals surface area contributed by atoms with Crippen LogP contribution in [0.2, 0.25) is 5.02 Å². The molecule has 1 aromatic carbocycles. The predicted octanol–water partition coefficient (Wildman–Crippen LogP) is 4.33. The van der Waals surface area contributed by atoms with Crippen molar-refractivity contribution in [1.29, 1.82) is 0 Å². The van der Waals surface area contributed by atoms with Crippen molar-refractivity contribution < 1.29 is 34.8 Å². The first-order valence-corrected chi connectivity index (χ1v) is 12.0. The summed E-state index contributed by atoms with van der Waals surface area (Å²) in [7, 11) is -4.14. The summed E-state index contributed by atoms with van der Waals surface area (Å²) in [5.41, 5.74) is -2.06. The number of pyridine rings is 1. The number of benzene rings is 1. The smallest absolute Gasteiger partial charge is 0.366 e. The molecule has 0 saturated carbocycles. The zero-order chi connectivity index (χ0) is 24.9. The fourth-order valence-electron chi connectivity index (χ4n) is 4.24. The molecule has 0 amide bonds. The van der Waals surface area contributed by atoms with Gasteiger partial charge in [-0.3, -0.25) is 4.90 Å². The molecular formula is C20H19ClF6N4O2S. The van der Waals surface area contributed by atoms with Gasteiger partial charge in [0, 0.05) is 38.3 Å². The second-order valence-electron chi connectivity index (χ2n) is 8.14. The van der Waals surface area contributed by atoms with Crippen LogP contribution in [-0.4, -0.2) is 60.9 Å². The zero-order valence-electron chi connectivity index (χ0n) is 17.4. The fourth-order valence-corrected chi connectivity index (χ4v) is 6.23. The number of halogens is 7. The van der Waals surface area contributed by atoms with E-state index in [2.05, 4.69) is 10.3 Å². The van der Waals surface area contributed by atoms with E-state index in [1.54, 1.807) is 0 Å². The first-order valence-electron chi connectivity index (χ1n) is 10.2. The highest BCUT2D eigenvalue weighted by Crippen LogP contribution is 2.35. The Kier molecular flexibility index (Phi) is 6.51. The summed E-state index contributed by atoms with van der Waals surface area (Å²) < 4.78 is 105. The van der Waals surface area contributed by atoms with Crippen LogP contribution in [-0.2, 0) is 22.4 Å². The molecule has 0 spiro atoms. The zero-order valence-corrected chi connectivity index (χ0v) is 18.9. The van der Waals surface area contributed by atoms with Crippen LogP contribution < -0.4 is 5.32 Å². The number of nitrogens with one attached hydrogen (secondary N) is 1. The number of hydrogen-bond acceptors (Lipinski definition) is 5. The van der Waals surface area contributed by atoms with Crippen molar-refractivity contribution in [3.63, 3.8) is 0 Å². The minimum atomic E-state index is -4.65. The highest BCUT2D eigenvalue weighted by atomic mass is 35.5. The van der Waals surface area contributed by atoms with E-state index in [0.717, 1.165) is 12.1 Å². The van der Waals surface area contributed by atoms with Crippen molar-refractivity contribution in [2.75, 3.05) is 31.5 Å². The molecule has 0 aliphatic carbocycles. The Morgan fingerprint density at radius 3 is 2.38 bits per heavy atom. The SMILES string of the molecule is O=S(=O)(c1ccc(C(F)(F)F)cc1Cl)N1CCN2C[C@@H](Nc3cccc(C(F)(F)F)n3)C[C@H]2C1. The predicted molar refractivity (Wildman–Crippen MR) is 112 cm³/mol. The molecule has 6 nitrogen and oxygen atoms in total. The van der Waals surface area contributed by atoms with Crippen molar-refractivity contribution in [2.24, 2.45) is 0 Å². The summed E-state index contributed by atoms with van der Waals surface area (Å²) in [6.45, 7) is 1.02. The van der Waals surface area contributed by atoms with Gasteiger partial charge in [-0.25, -0.2) is 13.4 Å². The van der Waals surface area contributed by atoms with Crippen LogP contribution in [0, 0.1) is 0 Å². The van der Waals surface area contributed by atoms with Gasteiger partial charge in [0.2, 0.25) is 10.0 Å². The maximum Gasteiger partial charge on any atom is 0.433 e. The van der Waals surface area contributed by atoms with Crippen LogP contribution in [0.5, 0.6) is 0 Å². The molecule has 2 saturated heterocycles. The van der Waals surface area contributed by atoms with Crippen LogP contribution in [0.4, 0.5) is 32.2 Å². The van der Waals surface area contributed by atoms with E-state index < -0.39 is 43.6 Å². The Hall–Kier alpha value is -2.09. The normalized spacial score (nSPS) is 22.6. The third-order valence-corrected chi connectivity index (χ3v) is 8.20. The third kappa shape index (κ3) is 5.11. The maximum atomic E-state index is 13.1. The van der Waals surface area contributed by atoms with Gasteiger partial charge in [-0.2, -0.15) is 30.6 Å². The third-order valence-electron chi connectivity index (χ3n) is 5.85. The van der Waals surface area contributed by atoms with Gasteiger partial charge in [0.25, 0.3) is 0 Å². The monoisotopic (exact) mass is 528 g/mol. The molecule has 1 N–H and O–H groups in total. The lowest BCUT2D eigenvalue weighted by Gasteiger charge is -2.36. The lowest BCUT2D eigenvalue weighted by molar-refractivity contribution is -0.141. The molecule has 4 rings (SSSR count). The molecule has 2 aliphatic heterocycles. The second kappa shape index (κ2) is 8.85. The second-order valence-corrected chi connectivity index (χ2v) is 10.5. The van der Waals surface area contributed by atoms with E-state index in [1.165, 1.54) is 16.4 Å². The van der Waals surface area contributed by atoms with Gasteiger partial charge in [-0.15, -0.1) is 0 Å². The standard InChI is InChI=1S/C20H19ClF6N4O2S/c21-15-8-12(19(22,23)24)4-5-16(15)34(32,33)31-7-6-30-10-13(9-14(30)11-31)28-18-3-1-2-17(29-18)20(25,26)27/h1-5,8,13-14H,6-7,9-11H2,(H,28,29)/t13-,14-/m0/s1. The fraction of sp³-hybridized carbons (Fsp3) is 0.450. The lowest BCUT2D eigenvalue weighted by Crippen LogP contribution is -2.51. The van der Waals surface area contributed by atoms with E-state index in [0.29, 0.717) is 31.6 Å². The highest BCUT2D eigenvalue weighted by Gasteiger charge is 2.41. The number of sulfonamides is 1. The van der Waals surface area contributed by atoms with E-state index >= 15 is 0 Å². The summed E-state index contributed by atoms with van der Waals surface area (Å²) in [5, 5.41) is 2.46.